The molecular formula is C3H7FO3. The van der Waals surface area contributed by atoms with Gasteiger partial charge in [0, 0.05) is 0 Å². The van der Waals surface area contributed by atoms with Crippen LogP contribution in [0.1, 0.15) is 0 Å². The third kappa shape index (κ3) is 2.50. The highest BCUT2D eigenvalue weighted by molar-refractivity contribution is 4.46. The van der Waals surface area contributed by atoms with E-state index in [9.17, 15) is 4.39 Å². The van der Waals surface area contributed by atoms with Crippen molar-refractivity contribution in [1.29, 1.82) is 0 Å². The lowest BCUT2D eigenvalue weighted by Gasteiger charge is -2.01. The van der Waals surface area contributed by atoms with E-state index in [1.54, 1.807) is 0 Å². The van der Waals surface area contributed by atoms with Gasteiger partial charge in [0.25, 0.3) is 0 Å². The van der Waals surface area contributed by atoms with Crippen molar-refractivity contribution in [2.75, 3.05) is 13.3 Å². The summed E-state index contributed by atoms with van der Waals surface area (Å²) in [5.41, 5.74) is 0. The molecule has 0 rings (SSSR count). The Bertz CT molecular complexity index is 31.7. The fraction of sp³-hybridized carbons (Fsp3) is 1.00. The summed E-state index contributed by atoms with van der Waals surface area (Å²) in [6, 6.07) is 0. The van der Waals surface area contributed by atoms with Crippen LogP contribution in [0.5, 0.6) is 0 Å². The van der Waals surface area contributed by atoms with Gasteiger partial charge in [0.15, 0.2) is 0 Å². The lowest BCUT2D eigenvalue weighted by atomic mass is 10.4. The molecule has 0 aromatic rings. The first-order chi connectivity index (χ1) is 3.35. The van der Waals surface area contributed by atoms with Crippen LogP contribution in [-0.4, -0.2) is 29.7 Å². The first kappa shape index (κ1) is 6.81. The normalized spacial score (nSPS) is 14.1. The Labute approximate surface area is 40.3 Å². The van der Waals surface area contributed by atoms with Crippen LogP contribution in [0.15, 0.2) is 0 Å². The minimum atomic E-state index is -1.07. The Morgan fingerprint density at radius 2 is 2.29 bits per heavy atom. The van der Waals surface area contributed by atoms with Crippen LogP contribution in [-0.2, 0) is 4.89 Å². The van der Waals surface area contributed by atoms with E-state index in [0.717, 1.165) is 0 Å². The summed E-state index contributed by atoms with van der Waals surface area (Å²) < 4.78 is 11.2. The Morgan fingerprint density at radius 3 is 2.29 bits per heavy atom. The monoisotopic (exact) mass is 110 g/mol. The Hall–Kier alpha value is -0.190. The second kappa shape index (κ2) is 3.98. The van der Waals surface area contributed by atoms with Gasteiger partial charge in [-0.1, -0.05) is 0 Å². The molecule has 0 bridgehead atoms. The third-order valence-corrected chi connectivity index (χ3v) is 0.525. The van der Waals surface area contributed by atoms with Crippen molar-refractivity contribution >= 4 is 0 Å². The zero-order valence-corrected chi connectivity index (χ0v) is 3.67. The number of halogens is 1. The van der Waals surface area contributed by atoms with Gasteiger partial charge in [-0.2, -0.15) is 0 Å². The molecule has 3 nitrogen and oxygen atoms in total. The second-order valence-electron chi connectivity index (χ2n) is 1.06. The third-order valence-electron chi connectivity index (χ3n) is 0.525. The SMILES string of the molecule is OCC(CF)OO. The van der Waals surface area contributed by atoms with Gasteiger partial charge in [-0.3, -0.25) is 5.26 Å². The van der Waals surface area contributed by atoms with Crippen molar-refractivity contribution < 1.29 is 19.6 Å². The van der Waals surface area contributed by atoms with Gasteiger partial charge >= 0.3 is 0 Å². The standard InChI is InChI=1S/C3H7FO3/c4-1-3(2-5)7-6/h3,5-6H,1-2H2. The summed E-state index contributed by atoms with van der Waals surface area (Å²) in [6.07, 6.45) is -1.07. The molecule has 1 unspecified atom stereocenters. The molecular weight excluding hydrogens is 103 g/mol. The van der Waals surface area contributed by atoms with Crippen molar-refractivity contribution in [3.63, 3.8) is 0 Å². The summed E-state index contributed by atoms with van der Waals surface area (Å²) in [6.45, 7) is -1.36. The van der Waals surface area contributed by atoms with Crippen LogP contribution in [0, 0.1) is 0 Å². The molecule has 0 aliphatic heterocycles. The van der Waals surface area contributed by atoms with Crippen LogP contribution in [0.25, 0.3) is 0 Å². The zero-order valence-electron chi connectivity index (χ0n) is 3.67. The molecule has 0 aromatic carbocycles. The first-order valence-corrected chi connectivity index (χ1v) is 1.82. The predicted molar refractivity (Wildman–Crippen MR) is 20.6 cm³/mol. The Balaban J connectivity index is 2.99. The van der Waals surface area contributed by atoms with Gasteiger partial charge in [-0.25, -0.2) is 9.28 Å². The fourth-order valence-electron chi connectivity index (χ4n) is 0.110. The van der Waals surface area contributed by atoms with Crippen molar-refractivity contribution in [3.8, 4) is 0 Å². The number of alkyl halides is 1. The van der Waals surface area contributed by atoms with Crippen LogP contribution in [0.2, 0.25) is 0 Å². The first-order valence-electron chi connectivity index (χ1n) is 1.82. The Morgan fingerprint density at radius 1 is 1.71 bits per heavy atom. The molecule has 0 spiro atoms. The van der Waals surface area contributed by atoms with E-state index in [2.05, 4.69) is 4.89 Å². The van der Waals surface area contributed by atoms with Crippen LogP contribution in [0.4, 0.5) is 4.39 Å². The molecule has 7 heavy (non-hydrogen) atoms. The molecule has 0 aliphatic carbocycles. The minimum Gasteiger partial charge on any atom is -0.393 e. The highest BCUT2D eigenvalue weighted by Gasteiger charge is 2.03. The van der Waals surface area contributed by atoms with E-state index in [-0.39, 0.29) is 0 Å². The summed E-state index contributed by atoms with van der Waals surface area (Å²) in [5.74, 6) is 0. The quantitative estimate of drug-likeness (QED) is 0.391. The summed E-state index contributed by atoms with van der Waals surface area (Å²) in [4.78, 5) is 3.42. The lowest BCUT2D eigenvalue weighted by Crippen LogP contribution is -2.17. The van der Waals surface area contributed by atoms with E-state index in [1.165, 1.54) is 0 Å². The maximum atomic E-state index is 11.2. The van der Waals surface area contributed by atoms with E-state index in [1.807, 2.05) is 0 Å². The molecule has 1 atom stereocenters. The molecule has 0 aromatic heterocycles. The van der Waals surface area contributed by atoms with Gasteiger partial charge in [-0.05, 0) is 0 Å². The van der Waals surface area contributed by atoms with Gasteiger partial charge in [0.2, 0.25) is 0 Å². The Kier molecular flexibility index (Phi) is 3.87. The van der Waals surface area contributed by atoms with Crippen molar-refractivity contribution in [3.05, 3.63) is 0 Å². The smallest absolute Gasteiger partial charge is 0.144 e. The average Bonchev–Trinajstić information content (AvgIpc) is 1.72. The topological polar surface area (TPSA) is 49.7 Å². The molecule has 44 valence electrons. The highest BCUT2D eigenvalue weighted by Crippen LogP contribution is 1.85. The number of aliphatic hydroxyl groups excluding tert-OH is 1. The second-order valence-corrected chi connectivity index (χ2v) is 1.06. The van der Waals surface area contributed by atoms with Crippen molar-refractivity contribution in [2.45, 2.75) is 6.10 Å². The van der Waals surface area contributed by atoms with Gasteiger partial charge in [0.1, 0.15) is 12.8 Å². The van der Waals surface area contributed by atoms with Gasteiger partial charge in [0.05, 0.1) is 6.61 Å². The largest absolute Gasteiger partial charge is 0.393 e. The predicted octanol–water partition coefficient (Wildman–Crippen LogP) is -0.194. The van der Waals surface area contributed by atoms with Gasteiger partial charge in [-0.15, -0.1) is 0 Å². The number of rotatable bonds is 3. The summed E-state index contributed by atoms with van der Waals surface area (Å²) >= 11 is 0. The van der Waals surface area contributed by atoms with E-state index < -0.39 is 19.4 Å². The maximum Gasteiger partial charge on any atom is 0.144 e. The molecule has 0 heterocycles. The maximum absolute atomic E-state index is 11.2. The lowest BCUT2D eigenvalue weighted by molar-refractivity contribution is -0.286. The molecule has 0 radical (unpaired) electrons. The van der Waals surface area contributed by atoms with Crippen LogP contribution in [0.3, 0.4) is 0 Å². The number of aliphatic hydroxyl groups is 1. The molecule has 4 heteroatoms. The molecule has 0 saturated heterocycles. The van der Waals surface area contributed by atoms with Crippen molar-refractivity contribution in [1.82, 2.24) is 0 Å². The minimum absolute atomic E-state index is 0.493. The van der Waals surface area contributed by atoms with Gasteiger partial charge < -0.3 is 5.11 Å². The fourth-order valence-corrected chi connectivity index (χ4v) is 0.110. The average molecular weight is 110 g/mol. The van der Waals surface area contributed by atoms with E-state index >= 15 is 0 Å². The molecule has 0 aliphatic rings. The zero-order chi connectivity index (χ0) is 5.70. The highest BCUT2D eigenvalue weighted by atomic mass is 19.1. The molecule has 0 fully saturated rings. The van der Waals surface area contributed by atoms with E-state index in [0.29, 0.717) is 0 Å². The van der Waals surface area contributed by atoms with Crippen LogP contribution < -0.4 is 0 Å². The molecule has 0 amide bonds. The summed E-state index contributed by atoms with van der Waals surface area (Å²) in [7, 11) is 0. The van der Waals surface area contributed by atoms with Crippen molar-refractivity contribution in [2.24, 2.45) is 0 Å². The number of hydrogen-bond acceptors (Lipinski definition) is 3. The summed E-state index contributed by atoms with van der Waals surface area (Å²) in [5, 5.41) is 15.6. The molecule has 2 N–H and O–H groups in total. The molecule has 0 saturated carbocycles. The number of hydrogen-bond donors (Lipinski definition) is 2. The van der Waals surface area contributed by atoms with Crippen LogP contribution >= 0.6 is 0 Å². The van der Waals surface area contributed by atoms with E-state index in [4.69, 9.17) is 10.4 Å².